The summed E-state index contributed by atoms with van der Waals surface area (Å²) in [7, 11) is 3.93. The monoisotopic (exact) mass is 330 g/mol. The van der Waals surface area contributed by atoms with Gasteiger partial charge in [-0.05, 0) is 62.1 Å². The van der Waals surface area contributed by atoms with Crippen LogP contribution in [0.1, 0.15) is 24.2 Å². The zero-order valence-corrected chi connectivity index (χ0v) is 13.4. The van der Waals surface area contributed by atoms with Crippen LogP contribution in [0, 0.1) is 5.82 Å². The van der Waals surface area contributed by atoms with Gasteiger partial charge >= 0.3 is 0 Å². The van der Waals surface area contributed by atoms with Gasteiger partial charge in [0.2, 0.25) is 0 Å². The van der Waals surface area contributed by atoms with E-state index in [0.717, 1.165) is 6.54 Å². The number of likely N-dealkylation sites (N-methyl/N-ethyl adjacent to an activating group) is 2. The van der Waals surface area contributed by atoms with Crippen molar-refractivity contribution in [2.75, 3.05) is 27.2 Å². The second kappa shape index (κ2) is 7.01. The summed E-state index contributed by atoms with van der Waals surface area (Å²) >= 11 is 3.30. The van der Waals surface area contributed by atoms with Crippen molar-refractivity contribution in [1.82, 2.24) is 9.80 Å². The topological polar surface area (TPSA) is 23.6 Å². The molecule has 0 radical (unpaired) electrons. The number of hydrogen-bond donors (Lipinski definition) is 0. The molecule has 1 amide bonds. The molecule has 106 valence electrons. The van der Waals surface area contributed by atoms with Crippen LogP contribution in [0.5, 0.6) is 0 Å². The molecule has 19 heavy (non-hydrogen) atoms. The first-order chi connectivity index (χ1) is 8.86. The van der Waals surface area contributed by atoms with Crippen molar-refractivity contribution in [3.05, 3.63) is 34.1 Å². The van der Waals surface area contributed by atoms with Crippen molar-refractivity contribution in [3.8, 4) is 0 Å². The first-order valence-electron chi connectivity index (χ1n) is 6.27. The van der Waals surface area contributed by atoms with Gasteiger partial charge in [0.25, 0.3) is 5.91 Å². The molecule has 0 aliphatic carbocycles. The largest absolute Gasteiger partial charge is 0.335 e. The minimum atomic E-state index is -0.400. The average molecular weight is 331 g/mol. The SMILES string of the molecule is CCN(C(=O)c1cc(F)ccc1Br)C(C)CN(C)C. The molecule has 0 spiro atoms. The van der Waals surface area contributed by atoms with E-state index in [1.165, 1.54) is 12.1 Å². The molecule has 5 heteroatoms. The predicted molar refractivity (Wildman–Crippen MR) is 78.8 cm³/mol. The van der Waals surface area contributed by atoms with Gasteiger partial charge in [-0.3, -0.25) is 4.79 Å². The van der Waals surface area contributed by atoms with Crippen LogP contribution < -0.4 is 0 Å². The second-order valence-corrected chi connectivity index (χ2v) is 5.68. The average Bonchev–Trinajstić information content (AvgIpc) is 2.32. The lowest BCUT2D eigenvalue weighted by atomic mass is 10.1. The fourth-order valence-corrected chi connectivity index (χ4v) is 2.51. The predicted octanol–water partition coefficient (Wildman–Crippen LogP) is 3.00. The number of rotatable bonds is 5. The first kappa shape index (κ1) is 16.1. The van der Waals surface area contributed by atoms with Crippen LogP contribution >= 0.6 is 15.9 Å². The van der Waals surface area contributed by atoms with Gasteiger partial charge in [-0.2, -0.15) is 0 Å². The molecule has 0 fully saturated rings. The molecule has 0 saturated heterocycles. The zero-order chi connectivity index (χ0) is 14.6. The highest BCUT2D eigenvalue weighted by Gasteiger charge is 2.22. The van der Waals surface area contributed by atoms with Crippen LogP contribution in [0.2, 0.25) is 0 Å². The van der Waals surface area contributed by atoms with E-state index in [4.69, 9.17) is 0 Å². The Kier molecular flexibility index (Phi) is 5.94. The molecule has 0 heterocycles. The van der Waals surface area contributed by atoms with Gasteiger partial charge in [0.05, 0.1) is 5.56 Å². The van der Waals surface area contributed by atoms with E-state index in [2.05, 4.69) is 15.9 Å². The van der Waals surface area contributed by atoms with E-state index >= 15 is 0 Å². The van der Waals surface area contributed by atoms with Crippen molar-refractivity contribution < 1.29 is 9.18 Å². The third-order valence-corrected chi connectivity index (χ3v) is 3.61. The summed E-state index contributed by atoms with van der Waals surface area (Å²) in [4.78, 5) is 16.3. The standard InChI is InChI=1S/C14H20BrFN2O/c1-5-18(10(2)9-17(3)4)14(19)12-8-11(16)6-7-13(12)15/h6-8,10H,5,9H2,1-4H3. The fourth-order valence-electron chi connectivity index (χ4n) is 2.10. The Hall–Kier alpha value is -0.940. The summed E-state index contributed by atoms with van der Waals surface area (Å²) < 4.78 is 13.9. The van der Waals surface area contributed by atoms with E-state index in [9.17, 15) is 9.18 Å². The normalized spacial score (nSPS) is 12.6. The van der Waals surface area contributed by atoms with E-state index in [1.54, 1.807) is 11.0 Å². The number of nitrogens with zero attached hydrogens (tertiary/aromatic N) is 2. The highest BCUT2D eigenvalue weighted by Crippen LogP contribution is 2.20. The Morgan fingerprint density at radius 2 is 2.05 bits per heavy atom. The van der Waals surface area contributed by atoms with Gasteiger partial charge < -0.3 is 9.80 Å². The van der Waals surface area contributed by atoms with E-state index in [0.29, 0.717) is 16.6 Å². The Morgan fingerprint density at radius 1 is 1.42 bits per heavy atom. The summed E-state index contributed by atoms with van der Waals surface area (Å²) in [5, 5.41) is 0. The molecule has 0 aliphatic rings. The number of benzene rings is 1. The Balaban J connectivity index is 2.98. The van der Waals surface area contributed by atoms with Crippen LogP contribution in [0.4, 0.5) is 4.39 Å². The zero-order valence-electron chi connectivity index (χ0n) is 11.8. The molecule has 1 rings (SSSR count). The van der Waals surface area contributed by atoms with Gasteiger partial charge in [0.1, 0.15) is 5.82 Å². The van der Waals surface area contributed by atoms with Crippen LogP contribution in [-0.4, -0.2) is 48.9 Å². The van der Waals surface area contributed by atoms with Crippen LogP contribution in [0.3, 0.4) is 0 Å². The second-order valence-electron chi connectivity index (χ2n) is 4.83. The molecule has 0 aromatic heterocycles. The van der Waals surface area contributed by atoms with Crippen molar-refractivity contribution in [2.24, 2.45) is 0 Å². The van der Waals surface area contributed by atoms with Gasteiger partial charge in [-0.25, -0.2) is 4.39 Å². The smallest absolute Gasteiger partial charge is 0.255 e. The minimum absolute atomic E-state index is 0.0719. The fraction of sp³-hybridized carbons (Fsp3) is 0.500. The lowest BCUT2D eigenvalue weighted by molar-refractivity contribution is 0.0677. The third-order valence-electron chi connectivity index (χ3n) is 2.92. The molecular weight excluding hydrogens is 311 g/mol. The Morgan fingerprint density at radius 3 is 2.58 bits per heavy atom. The quantitative estimate of drug-likeness (QED) is 0.828. The maximum absolute atomic E-state index is 13.3. The minimum Gasteiger partial charge on any atom is -0.335 e. The lowest BCUT2D eigenvalue weighted by Gasteiger charge is -2.30. The molecule has 0 bridgehead atoms. The molecule has 1 aromatic carbocycles. The molecule has 1 atom stereocenters. The molecule has 0 saturated carbocycles. The van der Waals surface area contributed by atoms with Crippen molar-refractivity contribution in [2.45, 2.75) is 19.9 Å². The van der Waals surface area contributed by atoms with Gasteiger partial charge in [-0.15, -0.1) is 0 Å². The summed E-state index contributed by atoms with van der Waals surface area (Å²) in [5.41, 5.74) is 0.368. The highest BCUT2D eigenvalue weighted by molar-refractivity contribution is 9.10. The van der Waals surface area contributed by atoms with Crippen LogP contribution in [-0.2, 0) is 0 Å². The Labute approximate surface area is 122 Å². The number of hydrogen-bond acceptors (Lipinski definition) is 2. The molecular formula is C14H20BrFN2O. The van der Waals surface area contributed by atoms with Gasteiger partial charge in [0, 0.05) is 23.6 Å². The van der Waals surface area contributed by atoms with E-state index in [1.807, 2.05) is 32.8 Å². The number of carbonyl (C=O) groups excluding carboxylic acids is 1. The Bertz CT molecular complexity index is 451. The van der Waals surface area contributed by atoms with Gasteiger partial charge in [-0.1, -0.05) is 0 Å². The molecule has 0 N–H and O–H groups in total. The van der Waals surface area contributed by atoms with Crippen LogP contribution in [0.15, 0.2) is 22.7 Å². The molecule has 3 nitrogen and oxygen atoms in total. The summed E-state index contributed by atoms with van der Waals surface area (Å²) in [6, 6.07) is 4.24. The number of carbonyl (C=O) groups is 1. The highest BCUT2D eigenvalue weighted by atomic mass is 79.9. The molecule has 1 unspecified atom stereocenters. The number of amides is 1. The first-order valence-corrected chi connectivity index (χ1v) is 7.06. The lowest BCUT2D eigenvalue weighted by Crippen LogP contribution is -2.43. The third kappa shape index (κ3) is 4.28. The van der Waals surface area contributed by atoms with Crippen molar-refractivity contribution >= 4 is 21.8 Å². The van der Waals surface area contributed by atoms with E-state index < -0.39 is 5.82 Å². The molecule has 1 aromatic rings. The number of halogens is 2. The van der Waals surface area contributed by atoms with Crippen molar-refractivity contribution in [1.29, 1.82) is 0 Å². The summed E-state index contributed by atoms with van der Waals surface area (Å²) in [6.07, 6.45) is 0. The molecule has 0 aliphatic heterocycles. The van der Waals surface area contributed by atoms with Gasteiger partial charge in [0.15, 0.2) is 0 Å². The maximum atomic E-state index is 13.3. The van der Waals surface area contributed by atoms with E-state index in [-0.39, 0.29) is 11.9 Å². The maximum Gasteiger partial charge on any atom is 0.255 e. The van der Waals surface area contributed by atoms with Crippen LogP contribution in [0.25, 0.3) is 0 Å². The summed E-state index contributed by atoms with van der Waals surface area (Å²) in [5.74, 6) is -0.550. The van der Waals surface area contributed by atoms with Crippen molar-refractivity contribution in [3.63, 3.8) is 0 Å². The summed E-state index contributed by atoms with van der Waals surface area (Å²) in [6.45, 7) is 5.29.